The van der Waals surface area contributed by atoms with Gasteiger partial charge in [-0.25, -0.2) is 23.1 Å². The minimum absolute atomic E-state index is 0.0502. The molecule has 2 aliphatic rings. The summed E-state index contributed by atoms with van der Waals surface area (Å²) in [6.07, 6.45) is 3.40. The zero-order chi connectivity index (χ0) is 22.7. The summed E-state index contributed by atoms with van der Waals surface area (Å²) in [5.74, 6) is -2.31. The summed E-state index contributed by atoms with van der Waals surface area (Å²) < 4.78 is 42.7. The molecule has 1 aliphatic heterocycles. The number of benzene rings is 1. The van der Waals surface area contributed by atoms with E-state index in [9.17, 15) is 13.2 Å². The van der Waals surface area contributed by atoms with Crippen LogP contribution in [0.15, 0.2) is 35.7 Å². The summed E-state index contributed by atoms with van der Waals surface area (Å²) in [6.45, 7) is 1.07. The molecule has 3 heterocycles. The molecule has 5 rings (SSSR count). The van der Waals surface area contributed by atoms with Crippen LogP contribution in [0.1, 0.15) is 35.7 Å². The van der Waals surface area contributed by atoms with Crippen LogP contribution in [0.5, 0.6) is 0 Å². The molecule has 1 fully saturated rings. The second kappa shape index (κ2) is 7.17. The lowest BCUT2D eigenvalue weighted by atomic mass is 9.84. The third kappa shape index (κ3) is 3.11. The Labute approximate surface area is 185 Å². The number of fused-ring (bicyclic) bond motifs is 2. The van der Waals surface area contributed by atoms with Crippen molar-refractivity contribution in [1.29, 1.82) is 5.26 Å². The third-order valence-electron chi connectivity index (χ3n) is 6.26. The summed E-state index contributed by atoms with van der Waals surface area (Å²) >= 11 is 1.17. The number of nitriles is 1. The molecule has 0 spiro atoms. The highest BCUT2D eigenvalue weighted by Crippen LogP contribution is 2.66. The second-order valence-electron chi connectivity index (χ2n) is 8.29. The Morgan fingerprint density at radius 3 is 2.81 bits per heavy atom. The number of rotatable bonds is 4. The number of aromatic nitrogens is 3. The number of nitrogens with zero attached hydrogens (tertiary/aromatic N) is 5. The highest BCUT2D eigenvalue weighted by atomic mass is 32.2. The lowest BCUT2D eigenvalue weighted by Gasteiger charge is -2.33. The molecule has 10 heteroatoms. The lowest BCUT2D eigenvalue weighted by Crippen LogP contribution is -2.37. The van der Waals surface area contributed by atoms with Gasteiger partial charge in [0.05, 0.1) is 27.1 Å². The van der Waals surface area contributed by atoms with Gasteiger partial charge >= 0.3 is 0 Å². The van der Waals surface area contributed by atoms with Crippen LogP contribution in [0.3, 0.4) is 0 Å². The zero-order valence-electron chi connectivity index (χ0n) is 16.9. The van der Waals surface area contributed by atoms with Gasteiger partial charge in [-0.15, -0.1) is 0 Å². The number of nitrogens with two attached hydrogens (primary N) is 1. The number of pyridine rings is 1. The number of thioether (sulfide) groups is 1. The van der Waals surface area contributed by atoms with Gasteiger partial charge in [0, 0.05) is 24.1 Å². The predicted octanol–water partition coefficient (Wildman–Crippen LogP) is 3.77. The fourth-order valence-electron chi connectivity index (χ4n) is 4.57. The minimum Gasteiger partial charge on any atom is -0.378 e. The van der Waals surface area contributed by atoms with Gasteiger partial charge in [0.2, 0.25) is 0 Å². The number of hydrogen-bond donors (Lipinski definition) is 1. The molecule has 32 heavy (non-hydrogen) atoms. The second-order valence-corrected chi connectivity index (χ2v) is 9.73. The number of alkyl halides is 1. The zero-order valence-corrected chi connectivity index (χ0v) is 17.8. The molecule has 0 bridgehead atoms. The molecule has 0 saturated heterocycles. The summed E-state index contributed by atoms with van der Waals surface area (Å²) in [5, 5.41) is 9.23. The van der Waals surface area contributed by atoms with Gasteiger partial charge in [-0.3, -0.25) is 9.98 Å². The molecule has 3 aromatic rings. The first-order chi connectivity index (χ1) is 15.3. The number of halogens is 3. The number of amidine groups is 1. The van der Waals surface area contributed by atoms with E-state index in [0.29, 0.717) is 34.3 Å². The Morgan fingerprint density at radius 1 is 1.25 bits per heavy atom. The van der Waals surface area contributed by atoms with Gasteiger partial charge in [0.1, 0.15) is 24.6 Å². The maximum Gasteiger partial charge on any atom is 0.164 e. The van der Waals surface area contributed by atoms with Crippen molar-refractivity contribution in [2.75, 3.05) is 6.67 Å². The molecule has 0 radical (unpaired) electrons. The molecule has 0 amide bonds. The quantitative estimate of drug-likeness (QED) is 0.644. The van der Waals surface area contributed by atoms with Crippen LogP contribution in [0, 0.1) is 28.9 Å². The van der Waals surface area contributed by atoms with Crippen molar-refractivity contribution in [2.24, 2.45) is 16.6 Å². The monoisotopic (exact) mass is 454 g/mol. The topological polar surface area (TPSA) is 101 Å². The summed E-state index contributed by atoms with van der Waals surface area (Å²) in [7, 11) is 0. The van der Waals surface area contributed by atoms with Crippen molar-refractivity contribution in [3.8, 4) is 6.07 Å². The first kappa shape index (κ1) is 20.7. The fourth-order valence-corrected chi connectivity index (χ4v) is 5.89. The van der Waals surface area contributed by atoms with Crippen molar-refractivity contribution >= 4 is 28.0 Å². The van der Waals surface area contributed by atoms with Gasteiger partial charge < -0.3 is 5.73 Å². The van der Waals surface area contributed by atoms with Crippen LogP contribution in [0.2, 0.25) is 0 Å². The Balaban J connectivity index is 1.58. The van der Waals surface area contributed by atoms with E-state index in [1.54, 1.807) is 19.1 Å². The highest BCUT2D eigenvalue weighted by molar-refractivity contribution is 8.15. The molecule has 2 N–H and O–H groups in total. The molecule has 162 valence electrons. The van der Waals surface area contributed by atoms with Crippen LogP contribution in [0.4, 0.5) is 13.2 Å². The van der Waals surface area contributed by atoms with E-state index in [-0.39, 0.29) is 23.1 Å². The van der Waals surface area contributed by atoms with Crippen LogP contribution >= 0.6 is 11.8 Å². The Bertz CT molecular complexity index is 1340. The van der Waals surface area contributed by atoms with E-state index >= 15 is 0 Å². The SMILES string of the molecule is C[C@]1(c2cc(Cc3ncnc4cc(C#N)cnc34)cc(F)c2F)N=C(N)S[C@@]2(CF)C[C@H]21. The van der Waals surface area contributed by atoms with Gasteiger partial charge in [-0.1, -0.05) is 11.8 Å². The summed E-state index contributed by atoms with van der Waals surface area (Å²) in [5.41, 5.74) is 7.10. The summed E-state index contributed by atoms with van der Waals surface area (Å²) in [4.78, 5) is 17.1. The van der Waals surface area contributed by atoms with Crippen molar-refractivity contribution in [1.82, 2.24) is 15.0 Å². The average molecular weight is 454 g/mol. The average Bonchev–Trinajstić information content (AvgIpc) is 3.51. The van der Waals surface area contributed by atoms with E-state index in [4.69, 9.17) is 11.0 Å². The Hall–Kier alpha value is -3.19. The van der Waals surface area contributed by atoms with Crippen LogP contribution < -0.4 is 5.73 Å². The van der Waals surface area contributed by atoms with Gasteiger partial charge in [0.25, 0.3) is 0 Å². The Kier molecular flexibility index (Phi) is 4.64. The molecule has 3 atom stereocenters. The Morgan fingerprint density at radius 2 is 2.06 bits per heavy atom. The molecule has 1 aromatic carbocycles. The molecule has 0 unspecified atom stereocenters. The maximum absolute atomic E-state index is 15.0. The number of hydrogen-bond acceptors (Lipinski definition) is 7. The van der Waals surface area contributed by atoms with E-state index in [1.165, 1.54) is 24.3 Å². The molecule has 6 nitrogen and oxygen atoms in total. The standard InChI is InChI=1S/C22H17F3N6S/c1-21(17-6-22(17,9-23)32-20(27)31-21)13-2-11(3-14(24)18(13)25)4-15-19-16(30-10-29-15)5-12(7-26)8-28-19/h2-3,5,8,10,17H,4,6,9H2,1H3,(H2,27,31)/t17-,21+,22+/m0/s1. The molecule has 2 aromatic heterocycles. The van der Waals surface area contributed by atoms with Crippen LogP contribution in [0.25, 0.3) is 11.0 Å². The number of aliphatic imine (C=N–C) groups is 1. The normalized spacial score (nSPS) is 26.3. The van der Waals surface area contributed by atoms with Crippen molar-refractivity contribution in [2.45, 2.75) is 30.1 Å². The van der Waals surface area contributed by atoms with E-state index in [1.807, 2.05) is 6.07 Å². The molecular formula is C22H17F3N6S. The van der Waals surface area contributed by atoms with Crippen molar-refractivity contribution in [3.05, 3.63) is 64.7 Å². The first-order valence-electron chi connectivity index (χ1n) is 9.88. The molecular weight excluding hydrogens is 437 g/mol. The first-order valence-corrected chi connectivity index (χ1v) is 10.7. The van der Waals surface area contributed by atoms with Gasteiger partial charge in [0.15, 0.2) is 16.8 Å². The molecule has 1 aliphatic carbocycles. The molecule has 1 saturated carbocycles. The maximum atomic E-state index is 15.0. The van der Waals surface area contributed by atoms with E-state index < -0.39 is 28.6 Å². The van der Waals surface area contributed by atoms with Crippen molar-refractivity contribution in [3.63, 3.8) is 0 Å². The third-order valence-corrected chi connectivity index (χ3v) is 7.53. The lowest BCUT2D eigenvalue weighted by molar-refractivity contribution is 0.356. The fraction of sp³-hybridized carbons (Fsp3) is 0.318. The largest absolute Gasteiger partial charge is 0.378 e. The van der Waals surface area contributed by atoms with Gasteiger partial charge in [-0.05, 0) is 37.1 Å². The smallest absolute Gasteiger partial charge is 0.164 e. The van der Waals surface area contributed by atoms with Crippen LogP contribution in [-0.4, -0.2) is 31.5 Å². The summed E-state index contributed by atoms with van der Waals surface area (Å²) in [6, 6.07) is 6.25. The predicted molar refractivity (Wildman–Crippen MR) is 115 cm³/mol. The van der Waals surface area contributed by atoms with Crippen LogP contribution in [-0.2, 0) is 12.0 Å². The van der Waals surface area contributed by atoms with E-state index in [0.717, 1.165) is 6.07 Å². The minimum atomic E-state index is -1.17. The van der Waals surface area contributed by atoms with E-state index in [2.05, 4.69) is 19.9 Å². The van der Waals surface area contributed by atoms with Crippen molar-refractivity contribution < 1.29 is 13.2 Å². The van der Waals surface area contributed by atoms with Gasteiger partial charge in [-0.2, -0.15) is 5.26 Å². The highest BCUT2D eigenvalue weighted by Gasteiger charge is 2.66.